The van der Waals surface area contributed by atoms with E-state index in [1.807, 2.05) is 0 Å². The molecule has 0 aromatic heterocycles. The van der Waals surface area contributed by atoms with Crippen LogP contribution in [0.1, 0.15) is 20.7 Å². The molecule has 0 unspecified atom stereocenters. The summed E-state index contributed by atoms with van der Waals surface area (Å²) < 4.78 is 0. The maximum Gasteiger partial charge on any atom is 0.337 e. The van der Waals surface area contributed by atoms with Gasteiger partial charge in [0.15, 0.2) is 6.29 Å². The van der Waals surface area contributed by atoms with Gasteiger partial charge in [-0.25, -0.2) is 4.79 Å². The zero-order valence-corrected chi connectivity index (χ0v) is 8.31. The van der Waals surface area contributed by atoms with Crippen LogP contribution in [0, 0.1) is 0 Å². The Morgan fingerprint density at radius 3 is 2.62 bits per heavy atom. The molecule has 0 bridgehead atoms. The molecule has 0 atom stereocenters. The zero-order chi connectivity index (χ0) is 11.7. The summed E-state index contributed by atoms with van der Waals surface area (Å²) in [5.74, 6) is -1.13. The van der Waals surface area contributed by atoms with E-state index >= 15 is 0 Å². The zero-order valence-electron chi connectivity index (χ0n) is 8.31. The number of anilines is 1. The van der Waals surface area contributed by atoms with E-state index < -0.39 is 5.97 Å². The third-order valence-electron chi connectivity index (χ3n) is 2.48. The molecule has 0 heterocycles. The SMILES string of the molecule is Nc1c(C(=O)O)cc2ccccc2c1C=O. The summed E-state index contributed by atoms with van der Waals surface area (Å²) in [6.45, 7) is 0. The number of nitrogen functional groups attached to an aromatic ring is 1. The van der Waals surface area contributed by atoms with Crippen molar-refractivity contribution in [2.75, 3.05) is 5.73 Å². The average molecular weight is 215 g/mol. The highest BCUT2D eigenvalue weighted by Crippen LogP contribution is 2.26. The van der Waals surface area contributed by atoms with Gasteiger partial charge in [0.1, 0.15) is 0 Å². The predicted molar refractivity (Wildman–Crippen MR) is 60.7 cm³/mol. The van der Waals surface area contributed by atoms with E-state index in [1.54, 1.807) is 24.3 Å². The van der Waals surface area contributed by atoms with E-state index in [9.17, 15) is 9.59 Å². The highest BCUT2D eigenvalue weighted by molar-refractivity contribution is 6.10. The number of rotatable bonds is 2. The Morgan fingerprint density at radius 2 is 2.00 bits per heavy atom. The first-order valence-electron chi connectivity index (χ1n) is 4.65. The molecule has 0 aliphatic carbocycles. The van der Waals surface area contributed by atoms with Crippen molar-refractivity contribution in [1.29, 1.82) is 0 Å². The molecule has 4 heteroatoms. The van der Waals surface area contributed by atoms with Gasteiger partial charge in [-0.1, -0.05) is 24.3 Å². The van der Waals surface area contributed by atoms with Crippen molar-refractivity contribution in [3.63, 3.8) is 0 Å². The van der Waals surface area contributed by atoms with Crippen LogP contribution < -0.4 is 5.73 Å². The van der Waals surface area contributed by atoms with E-state index in [0.717, 1.165) is 0 Å². The second-order valence-electron chi connectivity index (χ2n) is 3.40. The first-order chi connectivity index (χ1) is 7.65. The number of carbonyl (C=O) groups excluding carboxylic acids is 1. The number of hydrogen-bond acceptors (Lipinski definition) is 3. The monoisotopic (exact) mass is 215 g/mol. The molecule has 0 saturated heterocycles. The lowest BCUT2D eigenvalue weighted by Gasteiger charge is -2.07. The molecule has 2 rings (SSSR count). The number of carbonyl (C=O) groups is 2. The second-order valence-corrected chi connectivity index (χ2v) is 3.40. The van der Waals surface area contributed by atoms with Crippen LogP contribution in [0.5, 0.6) is 0 Å². The van der Waals surface area contributed by atoms with Crippen LogP contribution in [0.3, 0.4) is 0 Å². The van der Waals surface area contributed by atoms with Gasteiger partial charge in [0.25, 0.3) is 0 Å². The van der Waals surface area contributed by atoms with Gasteiger partial charge in [-0.3, -0.25) is 4.79 Å². The van der Waals surface area contributed by atoms with Gasteiger partial charge in [-0.2, -0.15) is 0 Å². The van der Waals surface area contributed by atoms with Crippen molar-refractivity contribution in [3.05, 3.63) is 41.5 Å². The summed E-state index contributed by atoms with van der Waals surface area (Å²) in [6.07, 6.45) is 0.587. The highest BCUT2D eigenvalue weighted by atomic mass is 16.4. The van der Waals surface area contributed by atoms with Gasteiger partial charge in [-0.15, -0.1) is 0 Å². The summed E-state index contributed by atoms with van der Waals surface area (Å²) in [5.41, 5.74) is 5.85. The Kier molecular flexibility index (Phi) is 2.32. The number of fused-ring (bicyclic) bond motifs is 1. The van der Waals surface area contributed by atoms with E-state index in [1.165, 1.54) is 6.07 Å². The molecule has 3 N–H and O–H groups in total. The summed E-state index contributed by atoms with van der Waals surface area (Å²) in [6, 6.07) is 8.50. The minimum absolute atomic E-state index is 0.0150. The number of aldehydes is 1. The molecule has 2 aromatic rings. The number of carboxylic acid groups (broad SMARTS) is 1. The molecule has 0 fully saturated rings. The smallest absolute Gasteiger partial charge is 0.337 e. The van der Waals surface area contributed by atoms with Crippen LogP contribution in [0.15, 0.2) is 30.3 Å². The second kappa shape index (κ2) is 3.66. The number of nitrogens with two attached hydrogens (primary N) is 1. The first kappa shape index (κ1) is 10.2. The first-order valence-corrected chi connectivity index (χ1v) is 4.65. The lowest BCUT2D eigenvalue weighted by Crippen LogP contribution is -2.06. The Labute approximate surface area is 91.3 Å². The van der Waals surface area contributed by atoms with Gasteiger partial charge in [-0.05, 0) is 16.8 Å². The van der Waals surface area contributed by atoms with Crippen LogP contribution >= 0.6 is 0 Å². The molecule has 0 amide bonds. The molecule has 0 spiro atoms. The number of hydrogen-bond donors (Lipinski definition) is 2. The molecule has 0 aliphatic heterocycles. The Bertz CT molecular complexity index is 590. The molecule has 16 heavy (non-hydrogen) atoms. The van der Waals surface area contributed by atoms with E-state index in [0.29, 0.717) is 17.1 Å². The maximum atomic E-state index is 10.9. The van der Waals surface area contributed by atoms with Crippen LogP contribution in [0.2, 0.25) is 0 Å². The van der Waals surface area contributed by atoms with Crippen molar-refractivity contribution in [2.45, 2.75) is 0 Å². The van der Waals surface area contributed by atoms with Crippen LogP contribution in [-0.2, 0) is 0 Å². The lowest BCUT2D eigenvalue weighted by molar-refractivity contribution is 0.0698. The fourth-order valence-electron chi connectivity index (χ4n) is 1.70. The number of aromatic carboxylic acids is 1. The van der Waals surface area contributed by atoms with Crippen LogP contribution in [-0.4, -0.2) is 17.4 Å². The molecule has 80 valence electrons. The Balaban J connectivity index is 2.93. The maximum absolute atomic E-state index is 10.9. The normalized spacial score (nSPS) is 10.2. The van der Waals surface area contributed by atoms with Gasteiger partial charge < -0.3 is 10.8 Å². The van der Waals surface area contributed by atoms with Crippen molar-refractivity contribution in [1.82, 2.24) is 0 Å². The molecule has 0 radical (unpaired) electrons. The van der Waals surface area contributed by atoms with Crippen molar-refractivity contribution in [2.24, 2.45) is 0 Å². The van der Waals surface area contributed by atoms with E-state index in [4.69, 9.17) is 10.8 Å². The van der Waals surface area contributed by atoms with Crippen molar-refractivity contribution >= 4 is 28.7 Å². The number of carboxylic acids is 1. The Hall–Kier alpha value is -2.36. The summed E-state index contributed by atoms with van der Waals surface area (Å²) in [4.78, 5) is 21.9. The third kappa shape index (κ3) is 1.40. The van der Waals surface area contributed by atoms with Crippen LogP contribution in [0.25, 0.3) is 10.8 Å². The van der Waals surface area contributed by atoms with Crippen LogP contribution in [0.4, 0.5) is 5.69 Å². The lowest BCUT2D eigenvalue weighted by atomic mass is 9.99. The largest absolute Gasteiger partial charge is 0.478 e. The highest BCUT2D eigenvalue weighted by Gasteiger charge is 2.14. The number of benzene rings is 2. The third-order valence-corrected chi connectivity index (χ3v) is 2.48. The average Bonchev–Trinajstić information content (AvgIpc) is 2.28. The molecular weight excluding hydrogens is 206 g/mol. The van der Waals surface area contributed by atoms with E-state index in [-0.39, 0.29) is 16.8 Å². The molecular formula is C12H9NO3. The molecule has 4 nitrogen and oxygen atoms in total. The molecule has 0 saturated carbocycles. The minimum atomic E-state index is -1.13. The van der Waals surface area contributed by atoms with Gasteiger partial charge in [0.2, 0.25) is 0 Å². The molecule has 0 aliphatic rings. The summed E-state index contributed by atoms with van der Waals surface area (Å²) >= 11 is 0. The topological polar surface area (TPSA) is 80.4 Å². The van der Waals surface area contributed by atoms with Gasteiger partial charge in [0.05, 0.1) is 11.3 Å². The fraction of sp³-hybridized carbons (Fsp3) is 0. The predicted octanol–water partition coefficient (Wildman–Crippen LogP) is 1.93. The van der Waals surface area contributed by atoms with Crippen molar-refractivity contribution in [3.8, 4) is 0 Å². The fourth-order valence-corrected chi connectivity index (χ4v) is 1.70. The minimum Gasteiger partial charge on any atom is -0.478 e. The molecule has 2 aromatic carbocycles. The van der Waals surface area contributed by atoms with E-state index in [2.05, 4.69) is 0 Å². The van der Waals surface area contributed by atoms with Crippen molar-refractivity contribution < 1.29 is 14.7 Å². The van der Waals surface area contributed by atoms with Gasteiger partial charge in [0, 0.05) is 5.56 Å². The summed E-state index contributed by atoms with van der Waals surface area (Å²) in [5, 5.41) is 10.3. The summed E-state index contributed by atoms with van der Waals surface area (Å²) in [7, 11) is 0. The van der Waals surface area contributed by atoms with Gasteiger partial charge >= 0.3 is 5.97 Å². The quantitative estimate of drug-likeness (QED) is 0.592. The standard InChI is InChI=1S/C12H9NO3/c13-11-9(12(15)16)5-7-3-1-2-4-8(7)10(11)6-14/h1-6H,13H2,(H,15,16). The Morgan fingerprint density at radius 1 is 1.31 bits per heavy atom.